The molecule has 1 aromatic rings. The van der Waals surface area contributed by atoms with Crippen molar-refractivity contribution in [1.82, 2.24) is 0 Å². The zero-order chi connectivity index (χ0) is 13.7. The van der Waals surface area contributed by atoms with Crippen LogP contribution in [-0.4, -0.2) is 35.7 Å². The smallest absolute Gasteiger partial charge is 0.308 e. The van der Waals surface area contributed by atoms with Gasteiger partial charge in [-0.15, -0.1) is 0 Å². The molecule has 1 aromatic carbocycles. The summed E-state index contributed by atoms with van der Waals surface area (Å²) in [6.07, 6.45) is -0.00444. The summed E-state index contributed by atoms with van der Waals surface area (Å²) >= 11 is 0. The molecule has 0 heterocycles. The second-order valence-corrected chi connectivity index (χ2v) is 4.36. The number of carboxylic acid groups (broad SMARTS) is 2. The van der Waals surface area contributed by atoms with Gasteiger partial charge in [0.25, 0.3) is 0 Å². The number of nitrogens with zero attached hydrogens (tertiary/aromatic N) is 1. The van der Waals surface area contributed by atoms with Crippen LogP contribution in [0.1, 0.15) is 12.5 Å². The van der Waals surface area contributed by atoms with Gasteiger partial charge in [-0.3, -0.25) is 9.59 Å². The highest BCUT2D eigenvalue weighted by Crippen LogP contribution is 2.15. The molecule has 0 spiro atoms. The van der Waals surface area contributed by atoms with Crippen LogP contribution >= 0.6 is 0 Å². The molecule has 0 fully saturated rings. The monoisotopic (exact) mass is 251 g/mol. The zero-order valence-electron chi connectivity index (χ0n) is 10.5. The molecule has 0 bridgehead atoms. The molecule has 0 aromatic heterocycles. The summed E-state index contributed by atoms with van der Waals surface area (Å²) in [6, 6.07) is 7.08. The first-order valence-electron chi connectivity index (χ1n) is 5.65. The average molecular weight is 251 g/mol. The van der Waals surface area contributed by atoms with Crippen molar-refractivity contribution >= 4 is 17.6 Å². The van der Waals surface area contributed by atoms with Crippen molar-refractivity contribution in [3.05, 3.63) is 29.8 Å². The Morgan fingerprint density at radius 3 is 2.22 bits per heavy atom. The van der Waals surface area contributed by atoms with Crippen LogP contribution < -0.4 is 4.90 Å². The summed E-state index contributed by atoms with van der Waals surface area (Å²) in [4.78, 5) is 23.1. The maximum Gasteiger partial charge on any atom is 0.308 e. The number of benzene rings is 1. The largest absolute Gasteiger partial charge is 0.481 e. The fraction of sp³-hybridized carbons (Fsp3) is 0.385. The van der Waals surface area contributed by atoms with E-state index in [-0.39, 0.29) is 6.42 Å². The number of anilines is 1. The van der Waals surface area contributed by atoms with E-state index in [0.717, 1.165) is 11.3 Å². The van der Waals surface area contributed by atoms with E-state index in [4.69, 9.17) is 10.2 Å². The van der Waals surface area contributed by atoms with Gasteiger partial charge in [-0.1, -0.05) is 19.1 Å². The van der Waals surface area contributed by atoms with Gasteiger partial charge in [-0.2, -0.15) is 0 Å². The Morgan fingerprint density at radius 1 is 1.22 bits per heavy atom. The molecule has 0 aliphatic carbocycles. The topological polar surface area (TPSA) is 77.8 Å². The van der Waals surface area contributed by atoms with Crippen molar-refractivity contribution in [2.75, 3.05) is 18.5 Å². The number of rotatable bonds is 6. The quantitative estimate of drug-likeness (QED) is 0.800. The van der Waals surface area contributed by atoms with Crippen molar-refractivity contribution in [3.63, 3.8) is 0 Å². The molecule has 5 heteroatoms. The number of hydrogen-bond donors (Lipinski definition) is 2. The molecule has 5 nitrogen and oxygen atoms in total. The maximum atomic E-state index is 10.7. The van der Waals surface area contributed by atoms with Gasteiger partial charge >= 0.3 is 11.9 Å². The van der Waals surface area contributed by atoms with E-state index in [0.29, 0.717) is 6.54 Å². The van der Waals surface area contributed by atoms with Crippen LogP contribution in [0.5, 0.6) is 0 Å². The fourth-order valence-electron chi connectivity index (χ4n) is 1.64. The Balaban J connectivity index is 2.66. The lowest BCUT2D eigenvalue weighted by Gasteiger charge is -2.21. The molecule has 0 amide bonds. The third kappa shape index (κ3) is 4.08. The second-order valence-electron chi connectivity index (χ2n) is 4.36. The first-order valence-corrected chi connectivity index (χ1v) is 5.65. The van der Waals surface area contributed by atoms with Crippen molar-refractivity contribution in [1.29, 1.82) is 0 Å². The molecule has 0 saturated heterocycles. The minimum atomic E-state index is -0.865. The van der Waals surface area contributed by atoms with Crippen molar-refractivity contribution in [2.24, 2.45) is 5.92 Å². The van der Waals surface area contributed by atoms with Gasteiger partial charge in [0, 0.05) is 19.3 Å². The van der Waals surface area contributed by atoms with Crippen LogP contribution in [0.25, 0.3) is 0 Å². The molecule has 1 atom stereocenters. The molecule has 2 N–H and O–H groups in total. The van der Waals surface area contributed by atoms with Gasteiger partial charge in [0.15, 0.2) is 0 Å². The molecule has 98 valence electrons. The molecule has 18 heavy (non-hydrogen) atoms. The second kappa shape index (κ2) is 6.05. The normalized spacial score (nSPS) is 11.9. The summed E-state index contributed by atoms with van der Waals surface area (Å²) in [5.41, 5.74) is 1.60. The third-order valence-electron chi connectivity index (χ3n) is 2.70. The summed E-state index contributed by atoms with van der Waals surface area (Å²) in [7, 11) is 1.81. The lowest BCUT2D eigenvalue weighted by Crippen LogP contribution is -2.28. The van der Waals surface area contributed by atoms with Crippen LogP contribution in [0.15, 0.2) is 24.3 Å². The highest BCUT2D eigenvalue weighted by Gasteiger charge is 2.13. The fourth-order valence-corrected chi connectivity index (χ4v) is 1.64. The zero-order valence-corrected chi connectivity index (χ0v) is 10.5. The van der Waals surface area contributed by atoms with Gasteiger partial charge in [0.2, 0.25) is 0 Å². The summed E-state index contributed by atoms with van der Waals surface area (Å²) in [5, 5.41) is 17.5. The van der Waals surface area contributed by atoms with Gasteiger partial charge < -0.3 is 15.1 Å². The predicted octanol–water partition coefficient (Wildman–Crippen LogP) is 1.47. The van der Waals surface area contributed by atoms with Crippen LogP contribution in [0.4, 0.5) is 5.69 Å². The molecule has 0 saturated carbocycles. The first-order chi connectivity index (χ1) is 8.40. The Bertz CT molecular complexity index is 427. The third-order valence-corrected chi connectivity index (χ3v) is 2.70. The lowest BCUT2D eigenvalue weighted by atomic mass is 10.1. The van der Waals surface area contributed by atoms with Crippen LogP contribution in [-0.2, 0) is 16.0 Å². The van der Waals surface area contributed by atoms with Gasteiger partial charge in [-0.05, 0) is 17.7 Å². The van der Waals surface area contributed by atoms with E-state index in [9.17, 15) is 9.59 Å². The maximum absolute atomic E-state index is 10.7. The van der Waals surface area contributed by atoms with Crippen molar-refractivity contribution in [2.45, 2.75) is 13.3 Å². The predicted molar refractivity (Wildman–Crippen MR) is 67.9 cm³/mol. The molecule has 0 radical (unpaired) electrons. The lowest BCUT2D eigenvalue weighted by molar-refractivity contribution is -0.140. The van der Waals surface area contributed by atoms with Crippen LogP contribution in [0.3, 0.4) is 0 Å². The summed E-state index contributed by atoms with van der Waals surface area (Å²) in [5.74, 6) is -2.14. The molecule has 1 unspecified atom stereocenters. The van der Waals surface area contributed by atoms with Gasteiger partial charge in [-0.25, -0.2) is 0 Å². The molecular weight excluding hydrogens is 234 g/mol. The van der Waals surface area contributed by atoms with E-state index in [1.54, 1.807) is 31.2 Å². The molecule has 0 aliphatic heterocycles. The SMILES string of the molecule is CC(CN(C)c1ccc(CC(=O)O)cc1)C(=O)O. The van der Waals surface area contributed by atoms with E-state index in [1.807, 2.05) is 11.9 Å². The van der Waals surface area contributed by atoms with Gasteiger partial charge in [0.1, 0.15) is 0 Å². The van der Waals surface area contributed by atoms with E-state index in [1.165, 1.54) is 0 Å². The van der Waals surface area contributed by atoms with Crippen molar-refractivity contribution < 1.29 is 19.8 Å². The number of carboxylic acids is 2. The number of carbonyl (C=O) groups is 2. The highest BCUT2D eigenvalue weighted by molar-refractivity contribution is 5.71. The minimum absolute atomic E-state index is 0.00444. The van der Waals surface area contributed by atoms with E-state index < -0.39 is 17.9 Å². The van der Waals surface area contributed by atoms with Crippen LogP contribution in [0.2, 0.25) is 0 Å². The standard InChI is InChI=1S/C13H17NO4/c1-9(13(17)18)8-14(2)11-5-3-10(4-6-11)7-12(15)16/h3-6,9H,7-8H2,1-2H3,(H,15,16)(H,17,18). The van der Waals surface area contributed by atoms with Gasteiger partial charge in [0.05, 0.1) is 12.3 Å². The Labute approximate surface area is 106 Å². The average Bonchev–Trinajstić information content (AvgIpc) is 2.28. The number of hydrogen-bond acceptors (Lipinski definition) is 3. The first kappa shape index (κ1) is 14.0. The Morgan fingerprint density at radius 2 is 1.78 bits per heavy atom. The molecule has 0 aliphatic rings. The van der Waals surface area contributed by atoms with E-state index >= 15 is 0 Å². The highest BCUT2D eigenvalue weighted by atomic mass is 16.4. The molecular formula is C13H17NO4. The van der Waals surface area contributed by atoms with Crippen molar-refractivity contribution in [3.8, 4) is 0 Å². The molecule has 1 rings (SSSR count). The summed E-state index contributed by atoms with van der Waals surface area (Å²) in [6.45, 7) is 2.06. The number of aliphatic carboxylic acids is 2. The Kier molecular flexibility index (Phi) is 4.71. The Hall–Kier alpha value is -2.04. The summed E-state index contributed by atoms with van der Waals surface area (Å²) < 4.78 is 0. The van der Waals surface area contributed by atoms with Crippen LogP contribution in [0, 0.1) is 5.92 Å². The minimum Gasteiger partial charge on any atom is -0.481 e. The van der Waals surface area contributed by atoms with E-state index in [2.05, 4.69) is 0 Å².